The molecule has 0 unspecified atom stereocenters. The van der Waals surface area contributed by atoms with Gasteiger partial charge in [-0.15, -0.1) is 0 Å². The first kappa shape index (κ1) is 13.5. The van der Waals surface area contributed by atoms with Gasteiger partial charge >= 0.3 is 0 Å². The SMILES string of the molecule is COc1c(F)cc(Cl)cc1C1(CN)CC(F)(F)C1. The Balaban J connectivity index is 2.50. The van der Waals surface area contributed by atoms with Gasteiger partial charge in [0.15, 0.2) is 11.6 Å². The second-order valence-corrected chi connectivity index (χ2v) is 5.10. The molecule has 1 aromatic carbocycles. The molecule has 0 bridgehead atoms. The van der Waals surface area contributed by atoms with Crippen molar-refractivity contribution >= 4 is 11.6 Å². The minimum atomic E-state index is -2.76. The molecule has 100 valence electrons. The second kappa shape index (κ2) is 4.31. The fourth-order valence-electron chi connectivity index (χ4n) is 2.54. The average molecular weight is 280 g/mol. The van der Waals surface area contributed by atoms with E-state index in [0.717, 1.165) is 6.07 Å². The molecule has 0 amide bonds. The Hall–Kier alpha value is -0.940. The van der Waals surface area contributed by atoms with E-state index in [1.807, 2.05) is 0 Å². The van der Waals surface area contributed by atoms with Gasteiger partial charge in [-0.05, 0) is 12.1 Å². The maximum atomic E-state index is 13.7. The van der Waals surface area contributed by atoms with Gasteiger partial charge in [-0.3, -0.25) is 0 Å². The van der Waals surface area contributed by atoms with Gasteiger partial charge in [0, 0.05) is 35.4 Å². The molecule has 0 aliphatic heterocycles. The van der Waals surface area contributed by atoms with Crippen molar-refractivity contribution in [1.82, 2.24) is 0 Å². The fourth-order valence-corrected chi connectivity index (χ4v) is 2.75. The van der Waals surface area contributed by atoms with E-state index in [9.17, 15) is 13.2 Å². The normalized spacial score (nSPS) is 20.3. The highest BCUT2D eigenvalue weighted by Crippen LogP contribution is 2.55. The zero-order valence-corrected chi connectivity index (χ0v) is 10.5. The van der Waals surface area contributed by atoms with Gasteiger partial charge in [-0.1, -0.05) is 11.6 Å². The van der Waals surface area contributed by atoms with Crippen LogP contribution in [-0.2, 0) is 5.41 Å². The van der Waals surface area contributed by atoms with Crippen molar-refractivity contribution in [2.24, 2.45) is 5.73 Å². The number of nitrogens with two attached hydrogens (primary N) is 1. The van der Waals surface area contributed by atoms with Crippen molar-refractivity contribution in [3.8, 4) is 5.75 Å². The maximum absolute atomic E-state index is 13.7. The van der Waals surface area contributed by atoms with Crippen LogP contribution in [0.1, 0.15) is 18.4 Å². The zero-order chi connectivity index (χ0) is 13.6. The summed E-state index contributed by atoms with van der Waals surface area (Å²) >= 11 is 5.77. The topological polar surface area (TPSA) is 35.2 Å². The third-order valence-corrected chi connectivity index (χ3v) is 3.59. The van der Waals surface area contributed by atoms with Crippen molar-refractivity contribution in [2.45, 2.75) is 24.2 Å². The molecule has 0 heterocycles. The van der Waals surface area contributed by atoms with Crippen molar-refractivity contribution in [2.75, 3.05) is 13.7 Å². The molecule has 0 spiro atoms. The lowest BCUT2D eigenvalue weighted by Gasteiger charge is -2.47. The van der Waals surface area contributed by atoms with Crippen LogP contribution >= 0.6 is 11.6 Å². The van der Waals surface area contributed by atoms with Crippen LogP contribution < -0.4 is 10.5 Å². The van der Waals surface area contributed by atoms with E-state index in [1.54, 1.807) is 0 Å². The summed E-state index contributed by atoms with van der Waals surface area (Å²) in [6.45, 7) is -0.00126. The lowest BCUT2D eigenvalue weighted by Crippen LogP contribution is -2.53. The van der Waals surface area contributed by atoms with Crippen LogP contribution in [0.2, 0.25) is 5.02 Å². The van der Waals surface area contributed by atoms with Gasteiger partial charge < -0.3 is 10.5 Å². The molecular formula is C12H13ClF3NO. The van der Waals surface area contributed by atoms with Crippen LogP contribution in [0.15, 0.2) is 12.1 Å². The first-order valence-corrected chi connectivity index (χ1v) is 5.83. The highest BCUT2D eigenvalue weighted by Gasteiger charge is 2.57. The lowest BCUT2D eigenvalue weighted by atomic mass is 9.62. The standard InChI is InChI=1S/C12H13ClF3NO/c1-18-10-8(2-7(13)3-9(10)14)11(6-17)4-12(15,16)5-11/h2-3H,4-6,17H2,1H3. The Morgan fingerprint density at radius 3 is 2.44 bits per heavy atom. The summed E-state index contributed by atoms with van der Waals surface area (Å²) in [6.07, 6.45) is -0.820. The number of ether oxygens (including phenoxy) is 1. The van der Waals surface area contributed by atoms with Gasteiger partial charge in [-0.2, -0.15) is 0 Å². The smallest absolute Gasteiger partial charge is 0.250 e. The number of methoxy groups -OCH3 is 1. The number of hydrogen-bond acceptors (Lipinski definition) is 2. The van der Waals surface area contributed by atoms with Crippen LogP contribution in [0.3, 0.4) is 0 Å². The molecule has 1 aliphatic rings. The van der Waals surface area contributed by atoms with Gasteiger partial charge in [0.1, 0.15) is 0 Å². The van der Waals surface area contributed by atoms with E-state index in [0.29, 0.717) is 5.56 Å². The molecule has 6 heteroatoms. The minimum absolute atomic E-state index is 0.00126. The number of rotatable bonds is 3. The molecule has 1 aliphatic carbocycles. The predicted molar refractivity (Wildman–Crippen MR) is 62.9 cm³/mol. The summed E-state index contributed by atoms with van der Waals surface area (Å²) in [7, 11) is 1.29. The fraction of sp³-hybridized carbons (Fsp3) is 0.500. The van der Waals surface area contributed by atoms with E-state index < -0.39 is 30.0 Å². The monoisotopic (exact) mass is 279 g/mol. The molecule has 18 heavy (non-hydrogen) atoms. The van der Waals surface area contributed by atoms with Crippen LogP contribution in [0.25, 0.3) is 0 Å². The van der Waals surface area contributed by atoms with Gasteiger partial charge in [0.05, 0.1) is 7.11 Å². The molecule has 0 saturated heterocycles. The maximum Gasteiger partial charge on any atom is 0.250 e. The van der Waals surface area contributed by atoms with E-state index >= 15 is 0 Å². The number of halogens is 4. The first-order chi connectivity index (χ1) is 8.33. The highest BCUT2D eigenvalue weighted by atomic mass is 35.5. The molecule has 2 nitrogen and oxygen atoms in total. The lowest BCUT2D eigenvalue weighted by molar-refractivity contribution is -0.124. The molecular weight excluding hydrogens is 267 g/mol. The number of hydrogen-bond donors (Lipinski definition) is 1. The third kappa shape index (κ3) is 2.06. The molecule has 1 fully saturated rings. The number of alkyl halides is 2. The van der Waals surface area contributed by atoms with Crippen molar-refractivity contribution < 1.29 is 17.9 Å². The van der Waals surface area contributed by atoms with E-state index in [1.165, 1.54) is 13.2 Å². The molecule has 0 radical (unpaired) electrons. The van der Waals surface area contributed by atoms with Crippen LogP contribution in [0.5, 0.6) is 5.75 Å². The minimum Gasteiger partial charge on any atom is -0.493 e. The largest absolute Gasteiger partial charge is 0.493 e. The highest BCUT2D eigenvalue weighted by molar-refractivity contribution is 6.30. The summed E-state index contributed by atoms with van der Waals surface area (Å²) in [5.74, 6) is -3.48. The second-order valence-electron chi connectivity index (χ2n) is 4.66. The molecule has 2 N–H and O–H groups in total. The Morgan fingerprint density at radius 2 is 2.00 bits per heavy atom. The van der Waals surface area contributed by atoms with Crippen LogP contribution in [0.4, 0.5) is 13.2 Å². The molecule has 0 aromatic heterocycles. The zero-order valence-electron chi connectivity index (χ0n) is 9.77. The Kier molecular flexibility index (Phi) is 3.23. The Bertz CT molecular complexity index is 471. The Labute approximate surface area is 108 Å². The quantitative estimate of drug-likeness (QED) is 0.923. The molecule has 2 rings (SSSR count). The first-order valence-electron chi connectivity index (χ1n) is 5.45. The van der Waals surface area contributed by atoms with E-state index in [2.05, 4.69) is 0 Å². The van der Waals surface area contributed by atoms with Gasteiger partial charge in [0.25, 0.3) is 0 Å². The summed E-state index contributed by atoms with van der Waals surface area (Å²) in [4.78, 5) is 0. The van der Waals surface area contributed by atoms with E-state index in [4.69, 9.17) is 22.1 Å². The molecule has 0 atom stereocenters. The van der Waals surface area contributed by atoms with Gasteiger partial charge in [-0.25, -0.2) is 13.2 Å². The Morgan fingerprint density at radius 1 is 1.39 bits per heavy atom. The van der Waals surface area contributed by atoms with Gasteiger partial charge in [0.2, 0.25) is 5.92 Å². The van der Waals surface area contributed by atoms with Crippen molar-refractivity contribution in [1.29, 1.82) is 0 Å². The summed E-state index contributed by atoms with van der Waals surface area (Å²) < 4.78 is 44.9. The molecule has 1 aromatic rings. The number of benzene rings is 1. The van der Waals surface area contributed by atoms with Crippen LogP contribution in [-0.4, -0.2) is 19.6 Å². The summed E-state index contributed by atoms with van der Waals surface area (Å²) in [6, 6.07) is 2.54. The average Bonchev–Trinajstić information content (AvgIpc) is 2.24. The summed E-state index contributed by atoms with van der Waals surface area (Å²) in [5, 5.41) is 0.145. The van der Waals surface area contributed by atoms with E-state index in [-0.39, 0.29) is 17.3 Å². The summed E-state index contributed by atoms with van der Waals surface area (Å²) in [5.41, 5.74) is 4.96. The van der Waals surface area contributed by atoms with Crippen molar-refractivity contribution in [3.05, 3.63) is 28.5 Å². The molecule has 1 saturated carbocycles. The third-order valence-electron chi connectivity index (χ3n) is 3.37. The van der Waals surface area contributed by atoms with Crippen molar-refractivity contribution in [3.63, 3.8) is 0 Å². The van der Waals surface area contributed by atoms with Crippen LogP contribution in [0, 0.1) is 5.82 Å². The predicted octanol–water partition coefficient (Wildman–Crippen LogP) is 3.11.